The van der Waals surface area contributed by atoms with E-state index in [0.29, 0.717) is 31.3 Å². The van der Waals surface area contributed by atoms with Crippen molar-refractivity contribution in [3.63, 3.8) is 0 Å². The molecule has 2 N–H and O–H groups in total. The van der Waals surface area contributed by atoms with Gasteiger partial charge < -0.3 is 24.8 Å². The lowest BCUT2D eigenvalue weighted by atomic mass is 10.0. The Morgan fingerprint density at radius 1 is 1.26 bits per heavy atom. The van der Waals surface area contributed by atoms with Crippen LogP contribution >= 0.6 is 0 Å². The minimum Gasteiger partial charge on any atom is -0.493 e. The number of urea groups is 1. The van der Waals surface area contributed by atoms with Gasteiger partial charge in [-0.3, -0.25) is 4.90 Å². The first-order valence-electron chi connectivity index (χ1n) is 7.69. The van der Waals surface area contributed by atoms with Gasteiger partial charge in [-0.25, -0.2) is 4.79 Å². The summed E-state index contributed by atoms with van der Waals surface area (Å²) in [4.78, 5) is 13.9. The van der Waals surface area contributed by atoms with E-state index in [1.54, 1.807) is 21.3 Å². The third-order valence-corrected chi connectivity index (χ3v) is 3.96. The first kappa shape index (κ1) is 17.4. The van der Waals surface area contributed by atoms with Crippen LogP contribution in [0.1, 0.15) is 11.6 Å². The monoisotopic (exact) mass is 323 g/mol. The molecule has 0 spiro atoms. The largest absolute Gasteiger partial charge is 0.493 e. The number of amides is 2. The molecule has 1 aliphatic rings. The summed E-state index contributed by atoms with van der Waals surface area (Å²) in [5.74, 6) is 1.37. The maximum atomic E-state index is 11.5. The van der Waals surface area contributed by atoms with Crippen LogP contribution in [0.5, 0.6) is 11.5 Å². The molecule has 1 aromatic carbocycles. The Kier molecular flexibility index (Phi) is 6.49. The molecule has 0 saturated carbocycles. The lowest BCUT2D eigenvalue weighted by Crippen LogP contribution is -2.45. The summed E-state index contributed by atoms with van der Waals surface area (Å²) in [5, 5.41) is 5.47. The van der Waals surface area contributed by atoms with Crippen molar-refractivity contribution in [2.45, 2.75) is 6.04 Å². The molecule has 7 nitrogen and oxygen atoms in total. The van der Waals surface area contributed by atoms with E-state index in [2.05, 4.69) is 15.5 Å². The molecule has 1 saturated heterocycles. The number of benzene rings is 1. The molecule has 2 amide bonds. The van der Waals surface area contributed by atoms with Crippen LogP contribution in [0.2, 0.25) is 0 Å². The molecular formula is C16H25N3O4. The van der Waals surface area contributed by atoms with Gasteiger partial charge in [-0.15, -0.1) is 0 Å². The number of hydrogen-bond donors (Lipinski definition) is 2. The van der Waals surface area contributed by atoms with Gasteiger partial charge in [0, 0.05) is 26.7 Å². The number of carbonyl (C=O) groups excluding carboxylic acids is 1. The Hall–Kier alpha value is -1.99. The molecule has 23 heavy (non-hydrogen) atoms. The zero-order chi connectivity index (χ0) is 16.7. The molecule has 0 bridgehead atoms. The number of methoxy groups -OCH3 is 2. The van der Waals surface area contributed by atoms with E-state index in [4.69, 9.17) is 14.2 Å². The van der Waals surface area contributed by atoms with Crippen molar-refractivity contribution in [1.82, 2.24) is 15.5 Å². The highest BCUT2D eigenvalue weighted by molar-refractivity contribution is 5.73. The number of carbonyl (C=O) groups is 1. The molecular weight excluding hydrogens is 298 g/mol. The lowest BCUT2D eigenvalue weighted by molar-refractivity contribution is 0.0166. The zero-order valence-electron chi connectivity index (χ0n) is 13.9. The van der Waals surface area contributed by atoms with E-state index < -0.39 is 0 Å². The van der Waals surface area contributed by atoms with Gasteiger partial charge in [-0.2, -0.15) is 0 Å². The number of nitrogens with zero attached hydrogens (tertiary/aromatic N) is 1. The van der Waals surface area contributed by atoms with Crippen LogP contribution in [0, 0.1) is 0 Å². The van der Waals surface area contributed by atoms with Crippen LogP contribution in [0.25, 0.3) is 0 Å². The normalized spacial score (nSPS) is 16.5. The summed E-state index contributed by atoms with van der Waals surface area (Å²) in [6, 6.07) is 5.72. The van der Waals surface area contributed by atoms with Gasteiger partial charge in [-0.1, -0.05) is 6.07 Å². The molecule has 1 aliphatic heterocycles. The van der Waals surface area contributed by atoms with E-state index in [-0.39, 0.29) is 12.1 Å². The minimum atomic E-state index is -0.191. The highest BCUT2D eigenvalue weighted by Crippen LogP contribution is 2.32. The molecule has 0 aliphatic carbocycles. The second kappa shape index (κ2) is 8.59. The van der Waals surface area contributed by atoms with Crippen LogP contribution in [0.4, 0.5) is 4.79 Å². The topological polar surface area (TPSA) is 72.1 Å². The van der Waals surface area contributed by atoms with Crippen LogP contribution in [0.3, 0.4) is 0 Å². The summed E-state index contributed by atoms with van der Waals surface area (Å²) in [7, 11) is 4.84. The van der Waals surface area contributed by atoms with Gasteiger partial charge in [0.25, 0.3) is 0 Å². The Labute approximate surface area is 136 Å². The molecule has 0 unspecified atom stereocenters. The van der Waals surface area contributed by atoms with E-state index in [1.165, 1.54) is 0 Å². The molecule has 1 heterocycles. The Bertz CT molecular complexity index is 518. The van der Waals surface area contributed by atoms with Crippen LogP contribution in [-0.2, 0) is 4.74 Å². The summed E-state index contributed by atoms with van der Waals surface area (Å²) in [5.41, 5.74) is 1.07. The van der Waals surface area contributed by atoms with Gasteiger partial charge in [0.1, 0.15) is 0 Å². The SMILES string of the molecule is CNC(=O)NC[C@@H](c1ccc(OC)c(OC)c1)N1CCOCC1. The number of nitrogens with one attached hydrogen (secondary N) is 2. The molecule has 1 atom stereocenters. The standard InChI is InChI=1S/C16H25N3O4/c1-17-16(20)18-11-13(19-6-8-23-9-7-19)12-4-5-14(21-2)15(10-12)22-3/h4-5,10,13H,6-9,11H2,1-3H3,(H2,17,18,20)/t13-/m0/s1. The van der Waals surface area contributed by atoms with Crippen LogP contribution in [0.15, 0.2) is 18.2 Å². The summed E-state index contributed by atoms with van der Waals surface area (Å²) in [6.45, 7) is 3.56. The third kappa shape index (κ3) is 4.49. The molecule has 1 fully saturated rings. The second-order valence-electron chi connectivity index (χ2n) is 5.24. The number of ether oxygens (including phenoxy) is 3. The third-order valence-electron chi connectivity index (χ3n) is 3.96. The maximum Gasteiger partial charge on any atom is 0.314 e. The summed E-state index contributed by atoms with van der Waals surface area (Å²) in [6.07, 6.45) is 0. The Morgan fingerprint density at radius 2 is 1.96 bits per heavy atom. The number of rotatable bonds is 6. The van der Waals surface area contributed by atoms with Crippen molar-refractivity contribution in [2.24, 2.45) is 0 Å². The first-order valence-corrected chi connectivity index (χ1v) is 7.69. The fraction of sp³-hybridized carbons (Fsp3) is 0.562. The molecule has 0 radical (unpaired) electrons. The second-order valence-corrected chi connectivity index (χ2v) is 5.24. The van der Waals surface area contributed by atoms with Gasteiger partial charge in [0.15, 0.2) is 11.5 Å². The smallest absolute Gasteiger partial charge is 0.314 e. The zero-order valence-corrected chi connectivity index (χ0v) is 13.9. The van der Waals surface area contributed by atoms with Gasteiger partial charge in [0.05, 0.1) is 33.5 Å². The van der Waals surface area contributed by atoms with Crippen LogP contribution in [-0.4, -0.2) is 65.0 Å². The predicted octanol–water partition coefficient (Wildman–Crippen LogP) is 1.01. The van der Waals surface area contributed by atoms with Crippen LogP contribution < -0.4 is 20.1 Å². The Balaban J connectivity index is 2.22. The summed E-state index contributed by atoms with van der Waals surface area (Å²) < 4.78 is 16.1. The quantitative estimate of drug-likeness (QED) is 0.817. The van der Waals surface area contributed by atoms with E-state index in [0.717, 1.165) is 18.7 Å². The number of morpholine rings is 1. The molecule has 1 aromatic rings. The lowest BCUT2D eigenvalue weighted by Gasteiger charge is -2.35. The van der Waals surface area contributed by atoms with Gasteiger partial charge in [0.2, 0.25) is 0 Å². The maximum absolute atomic E-state index is 11.5. The van der Waals surface area contributed by atoms with Crippen molar-refractivity contribution in [3.8, 4) is 11.5 Å². The van der Waals surface area contributed by atoms with E-state index in [1.807, 2.05) is 18.2 Å². The molecule has 128 valence electrons. The predicted molar refractivity (Wildman–Crippen MR) is 87.1 cm³/mol. The minimum absolute atomic E-state index is 0.0519. The highest BCUT2D eigenvalue weighted by atomic mass is 16.5. The van der Waals surface area contributed by atoms with Crippen molar-refractivity contribution in [1.29, 1.82) is 0 Å². The van der Waals surface area contributed by atoms with Gasteiger partial charge in [-0.05, 0) is 17.7 Å². The molecule has 2 rings (SSSR count). The van der Waals surface area contributed by atoms with Crippen molar-refractivity contribution >= 4 is 6.03 Å². The fourth-order valence-corrected chi connectivity index (χ4v) is 2.68. The molecule has 7 heteroatoms. The average Bonchev–Trinajstić information content (AvgIpc) is 2.62. The Morgan fingerprint density at radius 3 is 2.57 bits per heavy atom. The highest BCUT2D eigenvalue weighted by Gasteiger charge is 2.24. The van der Waals surface area contributed by atoms with Crippen molar-refractivity contribution in [2.75, 3.05) is 54.1 Å². The number of hydrogen-bond acceptors (Lipinski definition) is 5. The molecule has 0 aromatic heterocycles. The van der Waals surface area contributed by atoms with Gasteiger partial charge >= 0.3 is 6.03 Å². The summed E-state index contributed by atoms with van der Waals surface area (Å²) >= 11 is 0. The van der Waals surface area contributed by atoms with Crippen molar-refractivity contribution in [3.05, 3.63) is 23.8 Å². The van der Waals surface area contributed by atoms with E-state index in [9.17, 15) is 4.79 Å². The first-order chi connectivity index (χ1) is 11.2. The average molecular weight is 323 g/mol. The van der Waals surface area contributed by atoms with E-state index >= 15 is 0 Å². The van der Waals surface area contributed by atoms with Crippen molar-refractivity contribution < 1.29 is 19.0 Å². The fourth-order valence-electron chi connectivity index (χ4n) is 2.68.